The number of carbonyl (C=O) groups is 1. The molecule has 1 aromatic rings. The van der Waals surface area contributed by atoms with Crippen LogP contribution in [0.25, 0.3) is 0 Å². The van der Waals surface area contributed by atoms with Crippen molar-refractivity contribution < 1.29 is 9.53 Å². The highest BCUT2D eigenvalue weighted by Crippen LogP contribution is 2.19. The molecule has 1 amide bonds. The van der Waals surface area contributed by atoms with Gasteiger partial charge in [0.05, 0.1) is 6.10 Å². The normalized spacial score (nSPS) is 17.4. The second-order valence-electron chi connectivity index (χ2n) is 5.55. The van der Waals surface area contributed by atoms with Crippen molar-refractivity contribution in [1.29, 1.82) is 0 Å². The summed E-state index contributed by atoms with van der Waals surface area (Å²) >= 11 is 0. The summed E-state index contributed by atoms with van der Waals surface area (Å²) in [6.45, 7) is 5.56. The Balaban J connectivity index is 0.00000220. The largest absolute Gasteiger partial charge is 0.491 e. The quantitative estimate of drug-likeness (QED) is 0.849. The summed E-state index contributed by atoms with van der Waals surface area (Å²) in [5.41, 5.74) is 1.02. The van der Waals surface area contributed by atoms with Gasteiger partial charge in [0.25, 0.3) is 0 Å². The number of rotatable bonds is 6. The fourth-order valence-corrected chi connectivity index (χ4v) is 2.44. The van der Waals surface area contributed by atoms with E-state index >= 15 is 0 Å². The molecule has 1 aliphatic heterocycles. The van der Waals surface area contributed by atoms with Crippen molar-refractivity contribution >= 4 is 18.3 Å². The highest BCUT2D eigenvalue weighted by molar-refractivity contribution is 5.85. The van der Waals surface area contributed by atoms with Gasteiger partial charge in [-0.1, -0.05) is 18.2 Å². The van der Waals surface area contributed by atoms with Gasteiger partial charge in [0.2, 0.25) is 5.91 Å². The molecular formula is C16H25ClN2O2. The van der Waals surface area contributed by atoms with Crippen LogP contribution in [0.1, 0.15) is 38.7 Å². The number of hydrogen-bond donors (Lipinski definition) is 2. The minimum atomic E-state index is 0. The van der Waals surface area contributed by atoms with Crippen LogP contribution in [0.3, 0.4) is 0 Å². The third kappa shape index (κ3) is 5.94. The molecule has 2 N–H and O–H groups in total. The molecule has 0 radical (unpaired) electrons. The van der Waals surface area contributed by atoms with E-state index in [0.717, 1.165) is 24.3 Å². The van der Waals surface area contributed by atoms with E-state index in [1.807, 2.05) is 38.1 Å². The Kier molecular flexibility index (Phi) is 7.54. The topological polar surface area (TPSA) is 50.4 Å². The van der Waals surface area contributed by atoms with Gasteiger partial charge in [-0.2, -0.15) is 0 Å². The Morgan fingerprint density at radius 1 is 1.43 bits per heavy atom. The van der Waals surface area contributed by atoms with Crippen molar-refractivity contribution in [1.82, 2.24) is 10.6 Å². The maximum Gasteiger partial charge on any atom is 0.221 e. The summed E-state index contributed by atoms with van der Waals surface area (Å²) in [7, 11) is 0. The van der Waals surface area contributed by atoms with Crippen LogP contribution >= 0.6 is 12.4 Å². The zero-order chi connectivity index (χ0) is 14.4. The van der Waals surface area contributed by atoms with Gasteiger partial charge in [0.15, 0.2) is 0 Å². The Labute approximate surface area is 133 Å². The van der Waals surface area contributed by atoms with Crippen LogP contribution < -0.4 is 15.4 Å². The van der Waals surface area contributed by atoms with E-state index in [-0.39, 0.29) is 24.4 Å². The van der Waals surface area contributed by atoms with E-state index in [2.05, 4.69) is 10.6 Å². The van der Waals surface area contributed by atoms with Gasteiger partial charge in [-0.3, -0.25) is 4.79 Å². The molecule has 4 nitrogen and oxygen atoms in total. The van der Waals surface area contributed by atoms with E-state index in [1.165, 1.54) is 6.42 Å². The summed E-state index contributed by atoms with van der Waals surface area (Å²) in [5.74, 6) is 0.950. The third-order valence-corrected chi connectivity index (χ3v) is 3.41. The van der Waals surface area contributed by atoms with Gasteiger partial charge in [0.1, 0.15) is 5.75 Å². The zero-order valence-electron chi connectivity index (χ0n) is 12.7. The first-order valence-electron chi connectivity index (χ1n) is 7.40. The van der Waals surface area contributed by atoms with Crippen LogP contribution in [0.5, 0.6) is 5.75 Å². The van der Waals surface area contributed by atoms with E-state index in [0.29, 0.717) is 19.0 Å². The summed E-state index contributed by atoms with van der Waals surface area (Å²) in [5, 5.41) is 6.32. The molecule has 1 aliphatic rings. The minimum absolute atomic E-state index is 0. The van der Waals surface area contributed by atoms with Crippen molar-refractivity contribution in [3.05, 3.63) is 29.8 Å². The average molecular weight is 313 g/mol. The number of hydrogen-bond acceptors (Lipinski definition) is 3. The second kappa shape index (κ2) is 8.90. The first kappa shape index (κ1) is 17.8. The SMILES string of the molecule is CC(C)Oc1ccccc1CNC(=O)CC1CCCN1.Cl. The van der Waals surface area contributed by atoms with E-state index in [9.17, 15) is 4.79 Å². The van der Waals surface area contributed by atoms with E-state index in [1.54, 1.807) is 0 Å². The Morgan fingerprint density at radius 3 is 2.86 bits per heavy atom. The second-order valence-corrected chi connectivity index (χ2v) is 5.55. The molecule has 1 saturated heterocycles. The molecular weight excluding hydrogens is 288 g/mol. The van der Waals surface area contributed by atoms with Gasteiger partial charge in [0, 0.05) is 24.6 Å². The van der Waals surface area contributed by atoms with Crippen LogP contribution in [0, 0.1) is 0 Å². The highest BCUT2D eigenvalue weighted by Gasteiger charge is 2.17. The third-order valence-electron chi connectivity index (χ3n) is 3.41. The van der Waals surface area contributed by atoms with Crippen molar-refractivity contribution in [2.24, 2.45) is 0 Å². The molecule has 118 valence electrons. The number of halogens is 1. The Hall–Kier alpha value is -1.26. The molecule has 0 bridgehead atoms. The van der Waals surface area contributed by atoms with Gasteiger partial charge in [-0.15, -0.1) is 12.4 Å². The molecule has 1 fully saturated rings. The molecule has 0 saturated carbocycles. The van der Waals surface area contributed by atoms with Crippen molar-refractivity contribution in [3.63, 3.8) is 0 Å². The maximum atomic E-state index is 11.9. The number of benzene rings is 1. The average Bonchev–Trinajstić information content (AvgIpc) is 2.90. The molecule has 1 aromatic carbocycles. The van der Waals surface area contributed by atoms with Crippen LogP contribution in [0.2, 0.25) is 0 Å². The number of para-hydroxylation sites is 1. The van der Waals surface area contributed by atoms with Crippen LogP contribution in [-0.4, -0.2) is 24.6 Å². The van der Waals surface area contributed by atoms with E-state index in [4.69, 9.17) is 4.74 Å². The lowest BCUT2D eigenvalue weighted by Crippen LogP contribution is -2.31. The Bertz CT molecular complexity index is 446. The Morgan fingerprint density at radius 2 is 2.19 bits per heavy atom. The lowest BCUT2D eigenvalue weighted by atomic mass is 10.1. The predicted molar refractivity (Wildman–Crippen MR) is 86.9 cm³/mol. The molecule has 0 aromatic heterocycles. The lowest BCUT2D eigenvalue weighted by molar-refractivity contribution is -0.121. The van der Waals surface area contributed by atoms with Gasteiger partial charge in [-0.05, 0) is 39.3 Å². The molecule has 5 heteroatoms. The molecule has 2 rings (SSSR count). The molecule has 21 heavy (non-hydrogen) atoms. The van der Waals surface area contributed by atoms with Gasteiger partial charge in [-0.25, -0.2) is 0 Å². The molecule has 0 spiro atoms. The first-order chi connectivity index (χ1) is 9.65. The standard InChI is InChI=1S/C16H24N2O2.ClH/c1-12(2)20-15-8-4-3-6-13(15)11-18-16(19)10-14-7-5-9-17-14;/h3-4,6,8,12,14,17H,5,7,9-11H2,1-2H3,(H,18,19);1H. The van der Waals surface area contributed by atoms with E-state index < -0.39 is 0 Å². The van der Waals surface area contributed by atoms with Crippen LogP contribution in [0.4, 0.5) is 0 Å². The van der Waals surface area contributed by atoms with Crippen molar-refractivity contribution in [3.8, 4) is 5.75 Å². The number of amides is 1. The van der Waals surface area contributed by atoms with Gasteiger partial charge >= 0.3 is 0 Å². The smallest absolute Gasteiger partial charge is 0.221 e. The predicted octanol–water partition coefficient (Wildman–Crippen LogP) is 2.65. The fraction of sp³-hybridized carbons (Fsp3) is 0.562. The molecule has 1 heterocycles. The van der Waals surface area contributed by atoms with Crippen molar-refractivity contribution in [2.75, 3.05) is 6.54 Å². The lowest BCUT2D eigenvalue weighted by Gasteiger charge is -2.15. The van der Waals surface area contributed by atoms with Crippen LogP contribution in [0.15, 0.2) is 24.3 Å². The monoisotopic (exact) mass is 312 g/mol. The number of nitrogens with one attached hydrogen (secondary N) is 2. The van der Waals surface area contributed by atoms with Gasteiger partial charge < -0.3 is 15.4 Å². The van der Waals surface area contributed by atoms with Crippen molar-refractivity contribution in [2.45, 2.75) is 51.8 Å². The number of carbonyl (C=O) groups excluding carboxylic acids is 1. The maximum absolute atomic E-state index is 11.9. The summed E-state index contributed by atoms with van der Waals surface area (Å²) in [4.78, 5) is 11.9. The zero-order valence-corrected chi connectivity index (χ0v) is 13.5. The molecule has 1 unspecified atom stereocenters. The first-order valence-corrected chi connectivity index (χ1v) is 7.40. The molecule has 0 aliphatic carbocycles. The number of ether oxygens (including phenoxy) is 1. The summed E-state index contributed by atoms with van der Waals surface area (Å²) in [6.07, 6.45) is 2.96. The van der Waals surface area contributed by atoms with Crippen LogP contribution in [-0.2, 0) is 11.3 Å². The fourth-order valence-electron chi connectivity index (χ4n) is 2.44. The molecule has 1 atom stereocenters. The minimum Gasteiger partial charge on any atom is -0.491 e. The summed E-state index contributed by atoms with van der Waals surface area (Å²) in [6, 6.07) is 8.20. The summed E-state index contributed by atoms with van der Waals surface area (Å²) < 4.78 is 5.75. The highest BCUT2D eigenvalue weighted by atomic mass is 35.5.